The molecule has 2 N–H and O–H groups in total. The van der Waals surface area contributed by atoms with Crippen LogP contribution in [0, 0.1) is 29.1 Å². The van der Waals surface area contributed by atoms with Gasteiger partial charge in [-0.3, -0.25) is 4.79 Å². The minimum atomic E-state index is -2.33. The topological polar surface area (TPSA) is 58.6 Å². The maximum Gasteiger partial charge on any atom is 0.257 e. The summed E-state index contributed by atoms with van der Waals surface area (Å²) in [6.45, 7) is -0.579. The first-order chi connectivity index (χ1) is 8.91. The highest BCUT2D eigenvalue weighted by Gasteiger charge is 2.29. The van der Waals surface area contributed by atoms with Gasteiger partial charge in [0.1, 0.15) is 12.4 Å². The van der Waals surface area contributed by atoms with Crippen molar-refractivity contribution in [2.24, 2.45) is 0 Å². The molecule has 1 amide bonds. The zero-order valence-corrected chi connectivity index (χ0v) is 10.7. The largest absolute Gasteiger partial charge is 0.400 e. The molecule has 0 saturated carbocycles. The fourth-order valence-electron chi connectivity index (χ4n) is 1.19. The van der Waals surface area contributed by atoms with Crippen molar-refractivity contribution in [3.8, 4) is 0 Å². The summed E-state index contributed by atoms with van der Waals surface area (Å²) in [5, 5.41) is 10.2. The molecule has 0 radical (unpaired) electrons. The molecule has 1 aromatic carbocycles. The first-order valence-electron chi connectivity index (χ1n) is 4.90. The number of aliphatic hydroxyl groups is 1. The summed E-state index contributed by atoms with van der Waals surface area (Å²) in [7, 11) is -1.38. The minimum absolute atomic E-state index is 0.140. The molecule has 0 aliphatic rings. The Bertz CT molecular complexity index is 470. The molecule has 4 nitrogen and oxygen atoms in total. The summed E-state index contributed by atoms with van der Waals surface area (Å²) in [6.07, 6.45) is -0.140. The lowest BCUT2D eigenvalue weighted by molar-refractivity contribution is 0.0924. The highest BCUT2D eigenvalue weighted by molar-refractivity contribution is 6.28. The molecule has 0 fully saturated rings. The number of aliphatic hydroxyl groups excluding tert-OH is 1. The van der Waals surface area contributed by atoms with E-state index < -0.39 is 57.1 Å². The minimum Gasteiger partial charge on any atom is -0.400 e. The van der Waals surface area contributed by atoms with Crippen molar-refractivity contribution in [3.63, 3.8) is 0 Å². The normalized spacial score (nSPS) is 11.3. The van der Waals surface area contributed by atoms with Gasteiger partial charge in [-0.1, -0.05) is 0 Å². The van der Waals surface area contributed by atoms with Crippen LogP contribution in [0.5, 0.6) is 0 Å². The summed E-state index contributed by atoms with van der Waals surface area (Å²) >= 11 is 0. The van der Waals surface area contributed by atoms with Crippen molar-refractivity contribution in [2.45, 2.75) is 0 Å². The van der Waals surface area contributed by atoms with E-state index in [0.717, 1.165) is 0 Å². The lowest BCUT2D eigenvalue weighted by Crippen LogP contribution is -2.31. The number of hydrogen-bond acceptors (Lipinski definition) is 3. The number of rotatable bonds is 5. The standard InChI is InChI=1S/C9H8F5NO3Si/c10-4-3(9(17)15-1-19-18-2-16)5(11)7(13)8(14)6(4)12/h16H,1-2,19H2,(H,15,17). The third-order valence-corrected chi connectivity index (χ3v) is 2.99. The van der Waals surface area contributed by atoms with Crippen molar-refractivity contribution in [3.05, 3.63) is 34.6 Å². The summed E-state index contributed by atoms with van der Waals surface area (Å²) in [5.41, 5.74) is -1.55. The van der Waals surface area contributed by atoms with Crippen LogP contribution in [0.15, 0.2) is 0 Å². The second kappa shape index (κ2) is 6.59. The van der Waals surface area contributed by atoms with E-state index in [2.05, 4.69) is 4.43 Å². The molecule has 10 heteroatoms. The van der Waals surface area contributed by atoms with Crippen LogP contribution in [0.1, 0.15) is 10.4 Å². The Balaban J connectivity index is 2.97. The van der Waals surface area contributed by atoms with Crippen LogP contribution in [0.4, 0.5) is 22.0 Å². The fraction of sp³-hybridized carbons (Fsp3) is 0.222. The van der Waals surface area contributed by atoms with Crippen LogP contribution in [-0.4, -0.2) is 33.7 Å². The van der Waals surface area contributed by atoms with Gasteiger partial charge in [-0.25, -0.2) is 22.0 Å². The van der Waals surface area contributed by atoms with Crippen LogP contribution in [0.25, 0.3) is 0 Å². The molecule has 1 rings (SSSR count). The van der Waals surface area contributed by atoms with Gasteiger partial charge in [0.05, 0.1) is 0 Å². The van der Waals surface area contributed by atoms with E-state index in [0.29, 0.717) is 0 Å². The maximum atomic E-state index is 13.2. The van der Waals surface area contributed by atoms with E-state index in [4.69, 9.17) is 5.11 Å². The van der Waals surface area contributed by atoms with Crippen molar-refractivity contribution in [1.29, 1.82) is 0 Å². The lowest BCUT2D eigenvalue weighted by Gasteiger charge is -2.08. The first-order valence-corrected chi connectivity index (χ1v) is 6.47. The Labute approximate surface area is 106 Å². The summed E-state index contributed by atoms with van der Waals surface area (Å²) < 4.78 is 69.2. The number of hydrogen-bond donors (Lipinski definition) is 2. The molecule has 0 heterocycles. The van der Waals surface area contributed by atoms with Gasteiger partial charge in [0.25, 0.3) is 5.91 Å². The predicted octanol–water partition coefficient (Wildman–Crippen LogP) is 0.120. The summed E-state index contributed by atoms with van der Waals surface area (Å²) in [6, 6.07) is 0. The van der Waals surface area contributed by atoms with Gasteiger partial charge in [-0.15, -0.1) is 0 Å². The average molecular weight is 301 g/mol. The number of carbonyl (C=O) groups excluding carboxylic acids is 1. The van der Waals surface area contributed by atoms with Gasteiger partial charge in [0.15, 0.2) is 33.0 Å². The van der Waals surface area contributed by atoms with Crippen LogP contribution in [0.3, 0.4) is 0 Å². The zero-order chi connectivity index (χ0) is 14.6. The van der Waals surface area contributed by atoms with E-state index in [-0.39, 0.29) is 6.17 Å². The molecule has 0 saturated heterocycles. The van der Waals surface area contributed by atoms with Gasteiger partial charge in [-0.2, -0.15) is 0 Å². The molecule has 0 unspecified atom stereocenters. The smallest absolute Gasteiger partial charge is 0.257 e. The number of amides is 1. The Hall–Kier alpha value is -1.52. The van der Waals surface area contributed by atoms with Crippen molar-refractivity contribution in [1.82, 2.24) is 5.32 Å². The van der Waals surface area contributed by atoms with E-state index in [1.807, 2.05) is 5.32 Å². The highest BCUT2D eigenvalue weighted by Crippen LogP contribution is 2.22. The van der Waals surface area contributed by atoms with E-state index >= 15 is 0 Å². The van der Waals surface area contributed by atoms with Crippen molar-refractivity contribution < 1.29 is 36.3 Å². The molecule has 106 valence electrons. The second-order valence-electron chi connectivity index (χ2n) is 3.24. The molecular formula is C9H8F5NO3Si. The van der Waals surface area contributed by atoms with Crippen molar-refractivity contribution >= 4 is 15.7 Å². The third kappa shape index (κ3) is 3.27. The van der Waals surface area contributed by atoms with Crippen LogP contribution >= 0.6 is 0 Å². The van der Waals surface area contributed by atoms with E-state index in [9.17, 15) is 26.7 Å². The Morgan fingerprint density at radius 1 is 1.05 bits per heavy atom. The van der Waals surface area contributed by atoms with Gasteiger partial charge in [0, 0.05) is 6.17 Å². The van der Waals surface area contributed by atoms with Crippen LogP contribution in [0.2, 0.25) is 0 Å². The Kier molecular flexibility index (Phi) is 5.39. The first kappa shape index (κ1) is 15.5. The number of halogens is 5. The van der Waals surface area contributed by atoms with Crippen LogP contribution in [-0.2, 0) is 4.43 Å². The van der Waals surface area contributed by atoms with E-state index in [1.165, 1.54) is 0 Å². The SMILES string of the molecule is O=C(NC[SiH2]OCO)c1c(F)c(F)c(F)c(F)c1F. The monoisotopic (exact) mass is 301 g/mol. The third-order valence-electron chi connectivity index (χ3n) is 2.06. The van der Waals surface area contributed by atoms with Crippen LogP contribution < -0.4 is 5.32 Å². The lowest BCUT2D eigenvalue weighted by atomic mass is 10.1. The maximum absolute atomic E-state index is 13.2. The molecule has 0 atom stereocenters. The van der Waals surface area contributed by atoms with Crippen molar-refractivity contribution in [2.75, 3.05) is 13.0 Å². The molecular weight excluding hydrogens is 293 g/mol. The molecule has 1 aromatic rings. The number of carbonyl (C=O) groups is 1. The predicted molar refractivity (Wildman–Crippen MR) is 55.3 cm³/mol. The summed E-state index contributed by atoms with van der Waals surface area (Å²) in [5.74, 6) is -12.5. The molecule has 19 heavy (non-hydrogen) atoms. The number of nitrogens with one attached hydrogen (secondary N) is 1. The van der Waals surface area contributed by atoms with Gasteiger partial charge < -0.3 is 14.8 Å². The van der Waals surface area contributed by atoms with Gasteiger partial charge in [-0.05, 0) is 0 Å². The molecule has 0 aromatic heterocycles. The molecule has 0 bridgehead atoms. The zero-order valence-electron chi connectivity index (χ0n) is 9.27. The highest BCUT2D eigenvalue weighted by atomic mass is 28.2. The average Bonchev–Trinajstić information content (AvgIpc) is 2.39. The van der Waals surface area contributed by atoms with Gasteiger partial charge >= 0.3 is 0 Å². The molecule has 0 aliphatic carbocycles. The fourth-order valence-corrected chi connectivity index (χ4v) is 1.80. The van der Waals surface area contributed by atoms with Gasteiger partial charge in [0.2, 0.25) is 5.82 Å². The Morgan fingerprint density at radius 2 is 1.53 bits per heavy atom. The molecule has 0 aliphatic heterocycles. The summed E-state index contributed by atoms with van der Waals surface area (Å²) in [4.78, 5) is 11.3. The number of benzene rings is 1. The second-order valence-corrected chi connectivity index (χ2v) is 4.55. The van der Waals surface area contributed by atoms with E-state index in [1.54, 1.807) is 0 Å². The molecule has 0 spiro atoms. The quantitative estimate of drug-likeness (QED) is 0.203. The Morgan fingerprint density at radius 3 is 2.00 bits per heavy atom.